The van der Waals surface area contributed by atoms with Crippen LogP contribution in [0.5, 0.6) is 0 Å². The van der Waals surface area contributed by atoms with Crippen LogP contribution in [0.15, 0.2) is 10.9 Å². The van der Waals surface area contributed by atoms with Gasteiger partial charge in [0.2, 0.25) is 0 Å². The number of amides is 1. The number of hydrogen-bond acceptors (Lipinski definition) is 6. The number of halogens is 3. The summed E-state index contributed by atoms with van der Waals surface area (Å²) < 4.78 is 37.9. The molecule has 118 valence electrons. The summed E-state index contributed by atoms with van der Waals surface area (Å²) in [6.45, 7) is 0.0280. The fourth-order valence-electron chi connectivity index (χ4n) is 1.50. The Morgan fingerprint density at radius 1 is 1.32 bits per heavy atom. The number of hydrogen-bond donors (Lipinski definition) is 2. The third-order valence-electron chi connectivity index (χ3n) is 2.44. The highest BCUT2D eigenvalue weighted by Gasteiger charge is 2.37. The maximum Gasteiger partial charge on any atom is 0.427 e. The van der Waals surface area contributed by atoms with Crippen molar-refractivity contribution in [3.8, 4) is 0 Å². The highest BCUT2D eigenvalue weighted by atomic mass is 32.1. The lowest BCUT2D eigenvalue weighted by atomic mass is 10.3. The summed E-state index contributed by atoms with van der Waals surface area (Å²) in [4.78, 5) is 28.5. The summed E-state index contributed by atoms with van der Waals surface area (Å²) >= 11 is 1.45. The van der Waals surface area contributed by atoms with Gasteiger partial charge in [-0.05, 0) is 0 Å². The second-order valence-corrected chi connectivity index (χ2v) is 5.76. The number of thiazole rings is 2. The van der Waals surface area contributed by atoms with E-state index in [0.29, 0.717) is 16.3 Å². The van der Waals surface area contributed by atoms with Crippen LogP contribution in [-0.4, -0.2) is 33.5 Å². The van der Waals surface area contributed by atoms with E-state index in [4.69, 9.17) is 5.11 Å². The highest BCUT2D eigenvalue weighted by Crippen LogP contribution is 2.34. The molecule has 0 radical (unpaired) electrons. The van der Waals surface area contributed by atoms with Crippen molar-refractivity contribution in [2.45, 2.75) is 12.6 Å². The number of carboxylic acid groups (broad SMARTS) is 1. The fraction of sp³-hybridized carbons (Fsp3) is 0.273. The zero-order valence-corrected chi connectivity index (χ0v) is 12.3. The number of alkyl halides is 3. The quantitative estimate of drug-likeness (QED) is 0.862. The first-order valence-corrected chi connectivity index (χ1v) is 7.51. The van der Waals surface area contributed by atoms with Crippen molar-refractivity contribution in [3.63, 3.8) is 0 Å². The largest absolute Gasteiger partial charge is 0.476 e. The third kappa shape index (κ3) is 3.80. The molecule has 0 spiro atoms. The number of carbonyl (C=O) groups is 2. The van der Waals surface area contributed by atoms with Gasteiger partial charge >= 0.3 is 12.1 Å². The molecule has 2 rings (SSSR count). The summed E-state index contributed by atoms with van der Waals surface area (Å²) in [5.41, 5.74) is 0.186. The Labute approximate surface area is 129 Å². The van der Waals surface area contributed by atoms with Crippen LogP contribution in [0.25, 0.3) is 0 Å². The van der Waals surface area contributed by atoms with Gasteiger partial charge in [-0.25, -0.2) is 14.8 Å². The Morgan fingerprint density at radius 2 is 2.05 bits per heavy atom. The third-order valence-corrected chi connectivity index (χ3v) is 4.22. The molecule has 0 aliphatic rings. The standard InChI is InChI=1S/C11H8F3N3O3S2/c12-11(13,14)8-7(16-4-22-8)9(18)15-2-1-6-17-5(3-21-6)10(19)20/h3-4H,1-2H2,(H,15,18)(H,19,20). The van der Waals surface area contributed by atoms with Crippen LogP contribution >= 0.6 is 22.7 Å². The SMILES string of the molecule is O=C(O)c1csc(CCNC(=O)c2ncsc2C(F)(F)F)n1. The molecule has 0 fully saturated rings. The molecule has 0 aromatic carbocycles. The van der Waals surface area contributed by atoms with Crippen LogP contribution in [0.2, 0.25) is 0 Å². The molecule has 2 aromatic rings. The van der Waals surface area contributed by atoms with Crippen molar-refractivity contribution in [2.24, 2.45) is 0 Å². The molecule has 11 heteroatoms. The van der Waals surface area contributed by atoms with Gasteiger partial charge in [-0.1, -0.05) is 0 Å². The summed E-state index contributed by atoms with van der Waals surface area (Å²) in [5.74, 6) is -2.09. The Morgan fingerprint density at radius 3 is 2.64 bits per heavy atom. The molecular weight excluding hydrogens is 343 g/mol. The highest BCUT2D eigenvalue weighted by molar-refractivity contribution is 7.10. The van der Waals surface area contributed by atoms with Gasteiger partial charge in [0.1, 0.15) is 4.88 Å². The lowest BCUT2D eigenvalue weighted by Gasteiger charge is -2.06. The van der Waals surface area contributed by atoms with Crippen LogP contribution < -0.4 is 5.32 Å². The summed E-state index contributed by atoms with van der Waals surface area (Å²) in [5, 5.41) is 12.8. The molecule has 0 unspecified atom stereocenters. The average Bonchev–Trinajstić information content (AvgIpc) is 3.06. The molecule has 0 bridgehead atoms. The molecule has 0 aliphatic heterocycles. The average molecular weight is 351 g/mol. The minimum absolute atomic E-state index is 0.0280. The summed E-state index contributed by atoms with van der Waals surface area (Å²) in [6, 6.07) is 0. The van der Waals surface area contributed by atoms with Crippen LogP contribution in [0.1, 0.15) is 30.9 Å². The lowest BCUT2D eigenvalue weighted by molar-refractivity contribution is -0.134. The Balaban J connectivity index is 1.93. The lowest BCUT2D eigenvalue weighted by Crippen LogP contribution is -2.28. The molecule has 1 amide bonds. The molecule has 0 atom stereocenters. The zero-order valence-electron chi connectivity index (χ0n) is 10.7. The van der Waals surface area contributed by atoms with E-state index in [1.165, 1.54) is 5.38 Å². The maximum atomic E-state index is 12.6. The van der Waals surface area contributed by atoms with Crippen LogP contribution in [0, 0.1) is 0 Å². The van der Waals surface area contributed by atoms with E-state index in [2.05, 4.69) is 15.3 Å². The number of aromatic carboxylic acids is 1. The predicted molar refractivity (Wildman–Crippen MR) is 72.2 cm³/mol. The second kappa shape index (κ2) is 6.40. The minimum Gasteiger partial charge on any atom is -0.476 e. The first-order chi connectivity index (χ1) is 10.3. The van der Waals surface area contributed by atoms with Crippen molar-refractivity contribution in [1.29, 1.82) is 0 Å². The topological polar surface area (TPSA) is 92.2 Å². The van der Waals surface area contributed by atoms with E-state index in [1.807, 2.05) is 0 Å². The molecule has 0 aliphatic carbocycles. The van der Waals surface area contributed by atoms with Crippen LogP contribution in [0.4, 0.5) is 13.2 Å². The van der Waals surface area contributed by atoms with Gasteiger partial charge in [0.25, 0.3) is 5.91 Å². The van der Waals surface area contributed by atoms with Crippen molar-refractivity contribution in [2.75, 3.05) is 6.54 Å². The van der Waals surface area contributed by atoms with E-state index in [9.17, 15) is 22.8 Å². The van der Waals surface area contributed by atoms with Crippen LogP contribution in [0.3, 0.4) is 0 Å². The van der Waals surface area contributed by atoms with Crippen molar-refractivity contribution in [3.05, 3.63) is 32.2 Å². The predicted octanol–water partition coefficient (Wildman–Crippen LogP) is 2.29. The Bertz CT molecular complexity index is 696. The van der Waals surface area contributed by atoms with Crippen molar-refractivity contribution in [1.82, 2.24) is 15.3 Å². The summed E-state index contributed by atoms with van der Waals surface area (Å²) in [6.07, 6.45) is -4.41. The van der Waals surface area contributed by atoms with Crippen molar-refractivity contribution < 1.29 is 27.9 Å². The van der Waals surface area contributed by atoms with E-state index in [0.717, 1.165) is 16.8 Å². The van der Waals surface area contributed by atoms with Crippen LogP contribution in [-0.2, 0) is 12.6 Å². The fourth-order valence-corrected chi connectivity index (χ4v) is 2.93. The number of carboxylic acids is 1. The number of aromatic nitrogens is 2. The van der Waals surface area contributed by atoms with E-state index >= 15 is 0 Å². The number of nitrogens with one attached hydrogen (secondary N) is 1. The molecule has 0 saturated heterocycles. The van der Waals surface area contributed by atoms with Crippen molar-refractivity contribution >= 4 is 34.6 Å². The Kier molecular flexibility index (Phi) is 4.76. The molecule has 6 nitrogen and oxygen atoms in total. The smallest absolute Gasteiger partial charge is 0.427 e. The number of rotatable bonds is 5. The molecule has 22 heavy (non-hydrogen) atoms. The van der Waals surface area contributed by atoms with Gasteiger partial charge in [-0.3, -0.25) is 4.79 Å². The first-order valence-electron chi connectivity index (χ1n) is 5.75. The molecular formula is C11H8F3N3O3S2. The number of nitrogens with zero attached hydrogens (tertiary/aromatic N) is 2. The van der Waals surface area contributed by atoms with Gasteiger partial charge < -0.3 is 10.4 Å². The molecule has 0 saturated carbocycles. The van der Waals surface area contributed by atoms with Gasteiger partial charge in [0.05, 0.1) is 10.5 Å². The number of carbonyl (C=O) groups excluding carboxylic acids is 1. The monoisotopic (exact) mass is 351 g/mol. The first kappa shape index (κ1) is 16.4. The second-order valence-electron chi connectivity index (χ2n) is 3.97. The molecule has 2 aromatic heterocycles. The van der Waals surface area contributed by atoms with E-state index in [1.54, 1.807) is 0 Å². The zero-order chi connectivity index (χ0) is 16.3. The molecule has 2 heterocycles. The Hall–Kier alpha value is -2.01. The van der Waals surface area contributed by atoms with Gasteiger partial charge in [0, 0.05) is 18.3 Å². The minimum atomic E-state index is -4.63. The van der Waals surface area contributed by atoms with E-state index in [-0.39, 0.29) is 18.7 Å². The van der Waals surface area contributed by atoms with Gasteiger partial charge in [0.15, 0.2) is 11.4 Å². The van der Waals surface area contributed by atoms with E-state index < -0.39 is 28.6 Å². The van der Waals surface area contributed by atoms with Gasteiger partial charge in [-0.15, -0.1) is 22.7 Å². The summed E-state index contributed by atoms with van der Waals surface area (Å²) in [7, 11) is 0. The molecule has 2 N–H and O–H groups in total. The van der Waals surface area contributed by atoms with Gasteiger partial charge in [-0.2, -0.15) is 13.2 Å². The maximum absolute atomic E-state index is 12.6. The normalized spacial score (nSPS) is 11.4.